The molecule has 0 saturated heterocycles. The summed E-state index contributed by atoms with van der Waals surface area (Å²) in [4.78, 5) is 7.39. The molecule has 0 aliphatic rings. The van der Waals surface area contributed by atoms with Crippen molar-refractivity contribution in [1.82, 2.24) is 9.97 Å². The van der Waals surface area contributed by atoms with Crippen molar-refractivity contribution in [2.24, 2.45) is 0 Å². The van der Waals surface area contributed by atoms with Crippen LogP contribution in [0.4, 0.5) is 5.82 Å². The van der Waals surface area contributed by atoms with Gasteiger partial charge in [0, 0.05) is 5.56 Å². The molecule has 1 aromatic carbocycles. The molecule has 2 aromatic rings. The fraction of sp³-hybridized carbons (Fsp3) is 0.357. The molecule has 0 bridgehead atoms. The minimum Gasteiger partial charge on any atom is -0.496 e. The first-order valence-electron chi connectivity index (χ1n) is 6.03. The fourth-order valence-corrected chi connectivity index (χ4v) is 1.99. The summed E-state index contributed by atoms with van der Waals surface area (Å²) in [5, 5.41) is 0. The third-order valence-electron chi connectivity index (χ3n) is 3.01. The number of hydrogen-bond acceptors (Lipinski definition) is 3. The third-order valence-corrected chi connectivity index (χ3v) is 3.01. The van der Waals surface area contributed by atoms with Gasteiger partial charge in [-0.1, -0.05) is 19.9 Å². The van der Waals surface area contributed by atoms with Gasteiger partial charge in [0.2, 0.25) is 0 Å². The molecule has 0 amide bonds. The summed E-state index contributed by atoms with van der Waals surface area (Å²) in [6, 6.07) is 6.15. The van der Waals surface area contributed by atoms with Crippen LogP contribution in [0, 0.1) is 6.92 Å². The highest BCUT2D eigenvalue weighted by atomic mass is 16.5. The second-order valence-electron chi connectivity index (χ2n) is 4.70. The number of anilines is 1. The van der Waals surface area contributed by atoms with Crippen LogP contribution in [-0.4, -0.2) is 17.1 Å². The van der Waals surface area contributed by atoms with Gasteiger partial charge in [0.25, 0.3) is 0 Å². The molecular formula is C14H19N3O. The number of benzene rings is 1. The van der Waals surface area contributed by atoms with Crippen LogP contribution in [0.2, 0.25) is 0 Å². The van der Waals surface area contributed by atoms with Gasteiger partial charge in [-0.05, 0) is 30.5 Å². The highest BCUT2D eigenvalue weighted by molar-refractivity contribution is 5.76. The van der Waals surface area contributed by atoms with Crippen LogP contribution in [0.25, 0.3) is 11.3 Å². The second kappa shape index (κ2) is 4.72. The van der Waals surface area contributed by atoms with Gasteiger partial charge in [-0.3, -0.25) is 0 Å². The average molecular weight is 245 g/mol. The Hall–Kier alpha value is -1.97. The van der Waals surface area contributed by atoms with Gasteiger partial charge in [-0.2, -0.15) is 0 Å². The van der Waals surface area contributed by atoms with E-state index in [2.05, 4.69) is 35.9 Å². The minimum atomic E-state index is 0.458. The number of aromatic amines is 1. The van der Waals surface area contributed by atoms with Crippen molar-refractivity contribution in [3.8, 4) is 17.0 Å². The Balaban J connectivity index is 2.60. The number of nitrogen functional groups attached to an aromatic ring is 1. The number of nitrogens with one attached hydrogen (secondary N) is 1. The zero-order valence-electron chi connectivity index (χ0n) is 11.2. The Bertz CT molecular complexity index is 558. The lowest BCUT2D eigenvalue weighted by Gasteiger charge is -2.12. The molecule has 0 fully saturated rings. The number of aromatic nitrogens is 2. The molecule has 0 aliphatic heterocycles. The first-order chi connectivity index (χ1) is 8.52. The largest absolute Gasteiger partial charge is 0.496 e. The van der Waals surface area contributed by atoms with Crippen LogP contribution in [0.3, 0.4) is 0 Å². The number of H-pyrrole nitrogens is 1. The van der Waals surface area contributed by atoms with Crippen LogP contribution >= 0.6 is 0 Å². The Labute approximate surface area is 107 Å². The quantitative estimate of drug-likeness (QED) is 0.873. The third kappa shape index (κ3) is 2.18. The van der Waals surface area contributed by atoms with E-state index in [-0.39, 0.29) is 0 Å². The van der Waals surface area contributed by atoms with Crippen molar-refractivity contribution in [2.45, 2.75) is 26.7 Å². The molecule has 4 nitrogen and oxygen atoms in total. The van der Waals surface area contributed by atoms with E-state index in [0.29, 0.717) is 11.7 Å². The fourth-order valence-electron chi connectivity index (χ4n) is 1.99. The van der Waals surface area contributed by atoms with E-state index in [1.54, 1.807) is 7.11 Å². The minimum absolute atomic E-state index is 0.458. The van der Waals surface area contributed by atoms with E-state index in [0.717, 1.165) is 22.8 Å². The van der Waals surface area contributed by atoms with Gasteiger partial charge in [-0.15, -0.1) is 0 Å². The Morgan fingerprint density at radius 3 is 2.56 bits per heavy atom. The van der Waals surface area contributed by atoms with E-state index < -0.39 is 0 Å². The lowest BCUT2D eigenvalue weighted by molar-refractivity contribution is 0.416. The molecule has 2 rings (SSSR count). The number of nitrogens with two attached hydrogens (primary N) is 1. The van der Waals surface area contributed by atoms with E-state index >= 15 is 0 Å². The maximum Gasteiger partial charge on any atom is 0.150 e. The highest BCUT2D eigenvalue weighted by Gasteiger charge is 2.14. The summed E-state index contributed by atoms with van der Waals surface area (Å²) in [7, 11) is 1.66. The number of imidazole rings is 1. The molecule has 4 heteroatoms. The number of hydrogen-bond donors (Lipinski definition) is 2. The highest BCUT2D eigenvalue weighted by Crippen LogP contribution is 2.34. The first-order valence-corrected chi connectivity index (χ1v) is 6.03. The number of ether oxygens (including phenoxy) is 1. The summed E-state index contributed by atoms with van der Waals surface area (Å²) in [6.45, 7) is 6.21. The van der Waals surface area contributed by atoms with E-state index in [4.69, 9.17) is 10.5 Å². The van der Waals surface area contributed by atoms with Crippen molar-refractivity contribution in [1.29, 1.82) is 0 Å². The van der Waals surface area contributed by atoms with Crippen LogP contribution in [0.15, 0.2) is 18.2 Å². The van der Waals surface area contributed by atoms with E-state index in [9.17, 15) is 0 Å². The zero-order chi connectivity index (χ0) is 13.3. The Morgan fingerprint density at radius 2 is 2.06 bits per heavy atom. The predicted molar refractivity (Wildman–Crippen MR) is 73.8 cm³/mol. The molecule has 0 saturated carbocycles. The molecule has 96 valence electrons. The zero-order valence-corrected chi connectivity index (χ0v) is 11.2. The number of methoxy groups -OCH3 is 1. The van der Waals surface area contributed by atoms with Crippen LogP contribution in [-0.2, 0) is 0 Å². The molecule has 1 aromatic heterocycles. The topological polar surface area (TPSA) is 63.9 Å². The number of aryl methyl sites for hydroxylation is 1. The van der Waals surface area contributed by atoms with Crippen LogP contribution < -0.4 is 10.5 Å². The van der Waals surface area contributed by atoms with Crippen LogP contribution in [0.1, 0.15) is 31.2 Å². The predicted octanol–water partition coefficient (Wildman–Crippen LogP) is 3.10. The van der Waals surface area contributed by atoms with Crippen molar-refractivity contribution < 1.29 is 4.74 Å². The van der Waals surface area contributed by atoms with Crippen LogP contribution in [0.5, 0.6) is 5.75 Å². The molecule has 3 N–H and O–H groups in total. The maximum absolute atomic E-state index is 5.93. The van der Waals surface area contributed by atoms with Gasteiger partial charge >= 0.3 is 0 Å². The average Bonchev–Trinajstić information content (AvgIpc) is 2.67. The Kier molecular flexibility index (Phi) is 3.28. The summed E-state index contributed by atoms with van der Waals surface area (Å²) in [5.74, 6) is 2.57. The normalized spacial score (nSPS) is 10.9. The standard InChI is InChI=1S/C14H19N3O/c1-8(2)10-5-6-12(18-4)11(7-10)13-14(15)17-9(3)16-13/h5-8H,15H2,1-4H3,(H,16,17). The van der Waals surface area contributed by atoms with Gasteiger partial charge in [0.1, 0.15) is 17.4 Å². The number of nitrogens with zero attached hydrogens (tertiary/aromatic N) is 1. The van der Waals surface area contributed by atoms with E-state index in [1.807, 2.05) is 13.0 Å². The molecule has 18 heavy (non-hydrogen) atoms. The SMILES string of the molecule is COc1ccc(C(C)C)cc1-c1[nH]c(C)nc1N. The first kappa shape index (κ1) is 12.5. The maximum atomic E-state index is 5.93. The summed E-state index contributed by atoms with van der Waals surface area (Å²) in [5.41, 5.74) is 8.96. The number of rotatable bonds is 3. The molecule has 0 unspecified atom stereocenters. The molecule has 1 heterocycles. The van der Waals surface area contributed by atoms with Gasteiger partial charge in [0.05, 0.1) is 12.8 Å². The molecule has 0 aliphatic carbocycles. The van der Waals surface area contributed by atoms with Crippen molar-refractivity contribution in [3.63, 3.8) is 0 Å². The van der Waals surface area contributed by atoms with Crippen molar-refractivity contribution in [3.05, 3.63) is 29.6 Å². The van der Waals surface area contributed by atoms with Gasteiger partial charge in [-0.25, -0.2) is 4.98 Å². The molecule has 0 atom stereocenters. The smallest absolute Gasteiger partial charge is 0.150 e. The molecule has 0 radical (unpaired) electrons. The summed E-state index contributed by atoms with van der Waals surface area (Å²) in [6.07, 6.45) is 0. The van der Waals surface area contributed by atoms with Crippen molar-refractivity contribution in [2.75, 3.05) is 12.8 Å². The monoisotopic (exact) mass is 245 g/mol. The Morgan fingerprint density at radius 1 is 1.33 bits per heavy atom. The lowest BCUT2D eigenvalue weighted by atomic mass is 9.99. The lowest BCUT2D eigenvalue weighted by Crippen LogP contribution is -1.95. The van der Waals surface area contributed by atoms with Crippen molar-refractivity contribution >= 4 is 5.82 Å². The summed E-state index contributed by atoms with van der Waals surface area (Å²) >= 11 is 0. The van der Waals surface area contributed by atoms with Gasteiger partial charge < -0.3 is 15.5 Å². The van der Waals surface area contributed by atoms with Gasteiger partial charge in [0.15, 0.2) is 0 Å². The second-order valence-corrected chi connectivity index (χ2v) is 4.70. The van der Waals surface area contributed by atoms with E-state index in [1.165, 1.54) is 5.56 Å². The molecule has 0 spiro atoms. The summed E-state index contributed by atoms with van der Waals surface area (Å²) < 4.78 is 5.40. The molecular weight excluding hydrogens is 226 g/mol.